The largest absolute Gasteiger partial charge is 0.489 e. The van der Waals surface area contributed by atoms with Crippen LogP contribution in [-0.4, -0.2) is 17.2 Å². The van der Waals surface area contributed by atoms with Crippen LogP contribution in [0, 0.1) is 0 Å². The fraction of sp³-hybridized carbons (Fsp3) is 0. The van der Waals surface area contributed by atoms with Crippen LogP contribution >= 0.6 is 22.7 Å². The van der Waals surface area contributed by atoms with Crippen molar-refractivity contribution in [1.29, 1.82) is 0 Å². The first-order valence-corrected chi connectivity index (χ1v) is 27.6. The van der Waals surface area contributed by atoms with E-state index in [2.05, 4.69) is 255 Å². The van der Waals surface area contributed by atoms with Crippen molar-refractivity contribution in [3.8, 4) is 89.0 Å². The van der Waals surface area contributed by atoms with Crippen LogP contribution in [0.15, 0.2) is 285 Å². The minimum Gasteiger partial charge on any atom is -0.423 e. The van der Waals surface area contributed by atoms with E-state index in [0.29, 0.717) is 5.46 Å². The van der Waals surface area contributed by atoms with Gasteiger partial charge in [0.05, 0.1) is 0 Å². The Morgan fingerprint density at radius 1 is 0.208 bits per heavy atom. The van der Waals surface area contributed by atoms with Crippen LogP contribution in [0.5, 0.6) is 0 Å². The van der Waals surface area contributed by atoms with Crippen molar-refractivity contribution in [3.05, 3.63) is 285 Å². The molecule has 0 saturated carbocycles. The molecule has 0 atom stereocenters. The van der Waals surface area contributed by atoms with Crippen LogP contribution in [0.2, 0.25) is 0 Å². The van der Waals surface area contributed by atoms with E-state index in [-0.39, 0.29) is 0 Å². The lowest BCUT2D eigenvalue weighted by atomic mass is 9.78. The van der Waals surface area contributed by atoms with Crippen LogP contribution in [-0.2, 0) is 0 Å². The number of fused-ring (bicyclic) bond motifs is 6. The number of rotatable bonds is 9. The zero-order valence-corrected chi connectivity index (χ0v) is 43.6. The molecule has 0 spiro atoms. The molecule has 0 amide bonds. The molecule has 0 unspecified atom stereocenters. The van der Waals surface area contributed by atoms with Crippen molar-refractivity contribution < 1.29 is 10.0 Å². The predicted octanol–water partition coefficient (Wildman–Crippen LogP) is 19.1. The molecule has 77 heavy (non-hydrogen) atoms. The van der Waals surface area contributed by atoms with E-state index in [9.17, 15) is 10.0 Å². The van der Waals surface area contributed by atoms with Crippen molar-refractivity contribution in [2.45, 2.75) is 0 Å². The van der Waals surface area contributed by atoms with Gasteiger partial charge in [-0.1, -0.05) is 218 Å². The van der Waals surface area contributed by atoms with Gasteiger partial charge in [-0.3, -0.25) is 0 Å². The zero-order valence-electron chi connectivity index (χ0n) is 41.9. The van der Waals surface area contributed by atoms with Crippen LogP contribution < -0.4 is 5.46 Å². The average molecular weight is 1020 g/mol. The number of hydrogen-bond donors (Lipinski definition) is 2. The Morgan fingerprint density at radius 3 is 0.805 bits per heavy atom. The van der Waals surface area contributed by atoms with Crippen molar-refractivity contribution in [3.63, 3.8) is 0 Å². The second kappa shape index (κ2) is 21.0. The molecule has 0 aliphatic heterocycles. The van der Waals surface area contributed by atoms with Crippen molar-refractivity contribution in [2.24, 2.45) is 0 Å². The lowest BCUT2D eigenvalue weighted by Gasteiger charge is -2.10. The fourth-order valence-corrected chi connectivity index (χ4v) is 12.9. The maximum absolute atomic E-state index is 10.4. The normalized spacial score (nSPS) is 11.2. The van der Waals surface area contributed by atoms with Gasteiger partial charge >= 0.3 is 7.12 Å². The summed E-state index contributed by atoms with van der Waals surface area (Å²) >= 11 is 3.47. The highest BCUT2D eigenvalue weighted by Crippen LogP contribution is 2.41. The van der Waals surface area contributed by atoms with Gasteiger partial charge in [0.15, 0.2) is 0 Å². The Balaban J connectivity index is 0.000000147. The Morgan fingerprint density at radius 2 is 0.468 bits per heavy atom. The molecule has 2 N–H and O–H groups in total. The molecule has 2 heterocycles. The highest BCUT2D eigenvalue weighted by Gasteiger charge is 2.21. The molecule has 14 aromatic rings. The van der Waals surface area contributed by atoms with Gasteiger partial charge in [0.2, 0.25) is 0 Å². The molecule has 364 valence electrons. The van der Waals surface area contributed by atoms with E-state index in [1.165, 1.54) is 75.8 Å². The van der Waals surface area contributed by atoms with Gasteiger partial charge in [0.1, 0.15) is 0 Å². The Bertz CT molecular complexity index is 4280. The van der Waals surface area contributed by atoms with Gasteiger partial charge in [-0.25, -0.2) is 0 Å². The van der Waals surface area contributed by atoms with Gasteiger partial charge in [0, 0.05) is 45.8 Å². The maximum atomic E-state index is 10.4. The maximum Gasteiger partial charge on any atom is 0.489 e. The summed E-state index contributed by atoms with van der Waals surface area (Å²) in [7, 11) is -1.56. The van der Waals surface area contributed by atoms with E-state index in [0.717, 1.165) is 53.6 Å². The third-order valence-electron chi connectivity index (χ3n) is 14.6. The third-order valence-corrected chi connectivity index (χ3v) is 16.9. The average Bonchev–Trinajstić information content (AvgIpc) is 4.14. The summed E-state index contributed by atoms with van der Waals surface area (Å²) in [6, 6.07) is 101. The zero-order chi connectivity index (χ0) is 51.7. The minimum absolute atomic E-state index is 0.534. The van der Waals surface area contributed by atoms with E-state index < -0.39 is 7.12 Å². The Kier molecular flexibility index (Phi) is 13.0. The quantitative estimate of drug-likeness (QED) is 0.141. The first-order chi connectivity index (χ1) is 38.0. The highest BCUT2D eigenvalue weighted by molar-refractivity contribution is 7.27. The van der Waals surface area contributed by atoms with Crippen LogP contribution in [0.3, 0.4) is 0 Å². The van der Waals surface area contributed by atoms with Crippen LogP contribution in [0.25, 0.3) is 129 Å². The van der Waals surface area contributed by atoms with Crippen LogP contribution in [0.4, 0.5) is 0 Å². The smallest absolute Gasteiger partial charge is 0.423 e. The molecule has 0 aliphatic rings. The summed E-state index contributed by atoms with van der Waals surface area (Å²) in [5, 5.41) is 25.6. The monoisotopic (exact) mass is 1020 g/mol. The summed E-state index contributed by atoms with van der Waals surface area (Å²) in [4.78, 5) is 0. The lowest BCUT2D eigenvalue weighted by molar-refractivity contribution is 0.426. The second-order valence-corrected chi connectivity index (χ2v) is 21.6. The van der Waals surface area contributed by atoms with E-state index in [1.54, 1.807) is 11.3 Å². The number of thiophene rings is 2. The summed E-state index contributed by atoms with van der Waals surface area (Å²) in [5.74, 6) is 0. The molecular weight excluding hydrogens is 972 g/mol. The molecule has 0 fully saturated rings. The van der Waals surface area contributed by atoms with Gasteiger partial charge in [0.25, 0.3) is 0 Å². The number of benzene rings is 12. The molecule has 2 nitrogen and oxygen atoms in total. The first kappa shape index (κ1) is 47.8. The molecular formula is C72H49BO2S2. The molecule has 12 aromatic carbocycles. The molecule has 5 heteroatoms. The van der Waals surface area contributed by atoms with E-state index >= 15 is 0 Å². The fourth-order valence-electron chi connectivity index (χ4n) is 10.6. The highest BCUT2D eigenvalue weighted by atomic mass is 32.1. The summed E-state index contributed by atoms with van der Waals surface area (Å²) < 4.78 is 4.68. The van der Waals surface area contributed by atoms with Gasteiger partial charge < -0.3 is 10.0 Å². The van der Waals surface area contributed by atoms with Gasteiger partial charge in [-0.05, 0) is 156 Å². The third kappa shape index (κ3) is 9.82. The summed E-state index contributed by atoms with van der Waals surface area (Å²) in [6.07, 6.45) is 0. The van der Waals surface area contributed by atoms with Gasteiger partial charge in [-0.15, -0.1) is 22.7 Å². The molecule has 0 aliphatic carbocycles. The predicted molar refractivity (Wildman–Crippen MR) is 332 cm³/mol. The van der Waals surface area contributed by atoms with Crippen LogP contribution in [0.1, 0.15) is 0 Å². The molecule has 2 aromatic heterocycles. The Labute approximate surface area is 456 Å². The Hall–Kier alpha value is -8.94. The summed E-state index contributed by atoms with van der Waals surface area (Å²) in [6.45, 7) is 0. The lowest BCUT2D eigenvalue weighted by Crippen LogP contribution is -2.30. The van der Waals surface area contributed by atoms with E-state index in [1.807, 2.05) is 41.7 Å². The second-order valence-electron chi connectivity index (χ2n) is 19.4. The van der Waals surface area contributed by atoms with Crippen molar-refractivity contribution in [2.75, 3.05) is 0 Å². The SMILES string of the molecule is OB(O)c1cc(-c2cccc(-c3ccccc3)c2)cc2c1sc1ccc(-c3cccc(-c4ccccc4)c3)cc12.c1ccc(-c2cccc(-c3ccc4sc5ccc(-c6cccc(-c7ccccc7)c6)cc5c4c3)c2)cc1. The van der Waals surface area contributed by atoms with Crippen molar-refractivity contribution >= 4 is 75.6 Å². The topological polar surface area (TPSA) is 40.5 Å². The van der Waals surface area contributed by atoms with Gasteiger partial charge in [-0.2, -0.15) is 0 Å². The molecule has 14 rings (SSSR count). The molecule has 0 saturated heterocycles. The minimum atomic E-state index is -1.56. The van der Waals surface area contributed by atoms with Crippen molar-refractivity contribution in [1.82, 2.24) is 0 Å². The summed E-state index contributed by atoms with van der Waals surface area (Å²) in [5.41, 5.74) is 19.4. The van der Waals surface area contributed by atoms with E-state index in [4.69, 9.17) is 0 Å². The standard InChI is InChI=1S/C36H25BO2S.C36H24S/c38-37(39)34-23-31(29-16-8-14-27(20-29)25-11-5-2-6-12-25)22-33-32-21-30(17-18-35(32)40-36(33)34)28-15-7-13-26(19-28)24-9-3-1-4-10-24;1-3-9-25(10-4-1)27-13-7-15-29(21-27)31-17-19-35-33(23-31)34-24-32(18-20-36(34)37-35)30-16-8-14-28(22-30)26-11-5-2-6-12-26/h1-23,38-39H;1-24H. The molecule has 0 radical (unpaired) electrons. The molecule has 0 bridgehead atoms. The first-order valence-electron chi connectivity index (χ1n) is 25.9. The number of hydrogen-bond acceptors (Lipinski definition) is 4.